The summed E-state index contributed by atoms with van der Waals surface area (Å²) in [6, 6.07) is 16.1. The number of hydrogen-bond donors (Lipinski definition) is 1. The van der Waals surface area contributed by atoms with Crippen LogP contribution >= 0.6 is 0 Å². The molecule has 1 aliphatic heterocycles. The average Bonchev–Trinajstić information content (AvgIpc) is 3.39. The van der Waals surface area contributed by atoms with Crippen LogP contribution in [0.4, 0.5) is 4.79 Å². The lowest BCUT2D eigenvalue weighted by Gasteiger charge is -2.33. The summed E-state index contributed by atoms with van der Waals surface area (Å²) in [7, 11) is 2.02. The van der Waals surface area contributed by atoms with Gasteiger partial charge in [-0.1, -0.05) is 18.2 Å². The molecule has 0 radical (unpaired) electrons. The van der Waals surface area contributed by atoms with E-state index in [0.717, 1.165) is 41.9 Å². The van der Waals surface area contributed by atoms with Crippen molar-refractivity contribution in [2.75, 3.05) is 13.1 Å². The first-order valence-electron chi connectivity index (χ1n) is 13.0. The van der Waals surface area contributed by atoms with Gasteiger partial charge in [0.2, 0.25) is 0 Å². The highest BCUT2D eigenvalue weighted by Crippen LogP contribution is 2.30. The summed E-state index contributed by atoms with van der Waals surface area (Å²) in [5.41, 5.74) is 4.05. The van der Waals surface area contributed by atoms with E-state index in [-0.39, 0.29) is 11.9 Å². The Hall–Kier alpha value is -3.81. The summed E-state index contributed by atoms with van der Waals surface area (Å²) in [6.07, 6.45) is 1.19. The standard InChI is InChI=1S/C29H35N5O3/c1-6-34-23-12-8-7-10-19(23)17-25(34)26-31-22-16-20(13-14-24(22)32(26)5)27(35)33-15-9-11-21(18-33)30-28(36)37-29(2,3)4/h7-8,10,12-14,16-17,21H,6,9,11,15,18H2,1-5H3,(H,30,36). The maximum absolute atomic E-state index is 13.4. The van der Waals surface area contributed by atoms with Crippen molar-refractivity contribution in [3.63, 3.8) is 0 Å². The number of likely N-dealkylation sites (tertiary alicyclic amines) is 1. The second-order valence-corrected chi connectivity index (χ2v) is 10.8. The number of nitrogens with zero attached hydrogens (tertiary/aromatic N) is 4. The quantitative estimate of drug-likeness (QED) is 0.409. The van der Waals surface area contributed by atoms with E-state index in [1.165, 1.54) is 10.9 Å². The Balaban J connectivity index is 1.39. The molecule has 1 saturated heterocycles. The van der Waals surface area contributed by atoms with Crippen LogP contribution in [0.15, 0.2) is 48.5 Å². The fourth-order valence-electron chi connectivity index (χ4n) is 5.23. The Morgan fingerprint density at radius 1 is 1.11 bits per heavy atom. The molecule has 8 nitrogen and oxygen atoms in total. The van der Waals surface area contributed by atoms with Crippen molar-refractivity contribution in [1.82, 2.24) is 24.3 Å². The van der Waals surface area contributed by atoms with Gasteiger partial charge >= 0.3 is 6.09 Å². The molecule has 0 spiro atoms. The summed E-state index contributed by atoms with van der Waals surface area (Å²) in [5.74, 6) is 0.824. The molecule has 2 aromatic heterocycles. The molecule has 1 unspecified atom stereocenters. The summed E-state index contributed by atoms with van der Waals surface area (Å²) in [4.78, 5) is 32.4. The number of aryl methyl sites for hydroxylation is 2. The number of para-hydroxylation sites is 1. The lowest BCUT2D eigenvalue weighted by molar-refractivity contribution is 0.0452. The molecule has 3 heterocycles. The second-order valence-electron chi connectivity index (χ2n) is 10.8. The van der Waals surface area contributed by atoms with E-state index in [4.69, 9.17) is 9.72 Å². The zero-order valence-electron chi connectivity index (χ0n) is 22.2. The highest BCUT2D eigenvalue weighted by Gasteiger charge is 2.28. The summed E-state index contributed by atoms with van der Waals surface area (Å²) in [6.45, 7) is 9.61. The van der Waals surface area contributed by atoms with Gasteiger partial charge in [-0.2, -0.15) is 0 Å². The lowest BCUT2D eigenvalue weighted by Crippen LogP contribution is -2.50. The average molecular weight is 502 g/mol. The Kier molecular flexibility index (Phi) is 6.43. The predicted octanol–water partition coefficient (Wildman–Crippen LogP) is 5.34. The van der Waals surface area contributed by atoms with Gasteiger partial charge in [-0.15, -0.1) is 0 Å². The molecule has 5 rings (SSSR count). The number of nitrogens with one attached hydrogen (secondary N) is 1. The molecule has 1 atom stereocenters. The van der Waals surface area contributed by atoms with E-state index in [1.54, 1.807) is 0 Å². The van der Waals surface area contributed by atoms with Crippen molar-refractivity contribution in [2.24, 2.45) is 7.05 Å². The van der Waals surface area contributed by atoms with Crippen LogP contribution < -0.4 is 5.32 Å². The first-order chi connectivity index (χ1) is 17.6. The number of carbonyl (C=O) groups excluding carboxylic acids is 2. The number of fused-ring (bicyclic) bond motifs is 2. The molecule has 0 aliphatic carbocycles. The number of carbonyl (C=O) groups is 2. The minimum absolute atomic E-state index is 0.0486. The molecule has 0 saturated carbocycles. The molecule has 2 aromatic carbocycles. The molecule has 1 fully saturated rings. The second kappa shape index (κ2) is 9.57. The Labute approximate surface area is 217 Å². The van der Waals surface area contributed by atoms with Gasteiger partial charge in [-0.25, -0.2) is 9.78 Å². The number of rotatable bonds is 4. The third-order valence-electron chi connectivity index (χ3n) is 6.91. The number of aromatic nitrogens is 3. The zero-order chi connectivity index (χ0) is 26.3. The van der Waals surface area contributed by atoms with Crippen molar-refractivity contribution < 1.29 is 14.3 Å². The summed E-state index contributed by atoms with van der Waals surface area (Å²) >= 11 is 0. The van der Waals surface area contributed by atoms with E-state index in [1.807, 2.05) is 57.0 Å². The number of amides is 2. The highest BCUT2D eigenvalue weighted by atomic mass is 16.6. The first kappa shape index (κ1) is 24.9. The van der Waals surface area contributed by atoms with Gasteiger partial charge in [0.05, 0.1) is 16.7 Å². The van der Waals surface area contributed by atoms with E-state index in [2.05, 4.69) is 45.6 Å². The van der Waals surface area contributed by atoms with E-state index < -0.39 is 11.7 Å². The number of benzene rings is 2. The van der Waals surface area contributed by atoms with Crippen molar-refractivity contribution in [1.29, 1.82) is 0 Å². The maximum atomic E-state index is 13.4. The van der Waals surface area contributed by atoms with Crippen LogP contribution in [0.5, 0.6) is 0 Å². The number of piperidine rings is 1. The largest absolute Gasteiger partial charge is 0.444 e. The topological polar surface area (TPSA) is 81.4 Å². The zero-order valence-corrected chi connectivity index (χ0v) is 22.2. The van der Waals surface area contributed by atoms with Crippen LogP contribution in [0, 0.1) is 0 Å². The molecule has 37 heavy (non-hydrogen) atoms. The minimum Gasteiger partial charge on any atom is -0.444 e. The van der Waals surface area contributed by atoms with Gasteiger partial charge in [0.1, 0.15) is 5.60 Å². The number of alkyl carbamates (subject to hydrolysis) is 1. The fourth-order valence-corrected chi connectivity index (χ4v) is 5.23. The van der Waals surface area contributed by atoms with Gasteiger partial charge in [0.15, 0.2) is 5.82 Å². The van der Waals surface area contributed by atoms with Crippen molar-refractivity contribution in [3.8, 4) is 11.5 Å². The van der Waals surface area contributed by atoms with Crippen LogP contribution in [-0.4, -0.2) is 55.8 Å². The Bertz CT molecular complexity index is 1480. The molecule has 194 valence electrons. The van der Waals surface area contributed by atoms with E-state index >= 15 is 0 Å². The number of imidazole rings is 1. The van der Waals surface area contributed by atoms with Crippen LogP contribution in [0.25, 0.3) is 33.5 Å². The van der Waals surface area contributed by atoms with Gasteiger partial charge in [0, 0.05) is 49.2 Å². The van der Waals surface area contributed by atoms with Crippen LogP contribution in [0.1, 0.15) is 50.9 Å². The number of ether oxygens (including phenoxy) is 1. The van der Waals surface area contributed by atoms with Gasteiger partial charge in [-0.3, -0.25) is 4.79 Å². The molecule has 0 bridgehead atoms. The predicted molar refractivity (Wildman–Crippen MR) is 146 cm³/mol. The van der Waals surface area contributed by atoms with Crippen molar-refractivity contribution in [3.05, 3.63) is 54.1 Å². The molecule has 1 N–H and O–H groups in total. The monoisotopic (exact) mass is 501 g/mol. The van der Waals surface area contributed by atoms with E-state index in [0.29, 0.717) is 18.7 Å². The highest BCUT2D eigenvalue weighted by molar-refractivity contribution is 5.98. The SMILES string of the molecule is CCn1c(-c2nc3cc(C(=O)N4CCCC(NC(=O)OC(C)(C)C)C4)ccc3n2C)cc2ccccc21. The van der Waals surface area contributed by atoms with Crippen LogP contribution in [0.3, 0.4) is 0 Å². The Morgan fingerprint density at radius 3 is 2.65 bits per heavy atom. The molecule has 2 amide bonds. The summed E-state index contributed by atoms with van der Waals surface area (Å²) < 4.78 is 9.75. The minimum atomic E-state index is -0.559. The molecule has 4 aromatic rings. The molecular formula is C29H35N5O3. The molecule has 1 aliphatic rings. The maximum Gasteiger partial charge on any atom is 0.407 e. The van der Waals surface area contributed by atoms with Crippen molar-refractivity contribution in [2.45, 2.75) is 58.7 Å². The normalized spacial score (nSPS) is 16.4. The smallest absolute Gasteiger partial charge is 0.407 e. The Morgan fingerprint density at radius 2 is 1.89 bits per heavy atom. The third-order valence-corrected chi connectivity index (χ3v) is 6.91. The van der Waals surface area contributed by atoms with E-state index in [9.17, 15) is 9.59 Å². The van der Waals surface area contributed by atoms with Crippen molar-refractivity contribution >= 4 is 33.9 Å². The first-order valence-corrected chi connectivity index (χ1v) is 13.0. The fraction of sp³-hybridized carbons (Fsp3) is 0.414. The lowest BCUT2D eigenvalue weighted by atomic mass is 10.0. The van der Waals surface area contributed by atoms with Crippen LogP contribution in [-0.2, 0) is 18.3 Å². The molecule has 8 heteroatoms. The van der Waals surface area contributed by atoms with Crippen LogP contribution in [0.2, 0.25) is 0 Å². The number of hydrogen-bond acceptors (Lipinski definition) is 4. The van der Waals surface area contributed by atoms with Gasteiger partial charge in [-0.05, 0) is 70.9 Å². The third kappa shape index (κ3) is 4.92. The van der Waals surface area contributed by atoms with Gasteiger partial charge < -0.3 is 24.1 Å². The summed E-state index contributed by atoms with van der Waals surface area (Å²) in [5, 5.41) is 4.10. The molecular weight excluding hydrogens is 466 g/mol. The van der Waals surface area contributed by atoms with Gasteiger partial charge in [0.25, 0.3) is 5.91 Å².